The molecule has 25 heavy (non-hydrogen) atoms. The number of hydrogen-bond donors (Lipinski definition) is 1. The number of nitrogens with one attached hydrogen (secondary N) is 1. The predicted octanol–water partition coefficient (Wildman–Crippen LogP) is 2.32. The smallest absolute Gasteiger partial charge is 0.251 e. The van der Waals surface area contributed by atoms with Gasteiger partial charge < -0.3 is 10.1 Å². The fraction of sp³-hybridized carbons (Fsp3) is 0.611. The van der Waals surface area contributed by atoms with Crippen LogP contribution in [0.1, 0.15) is 48.5 Å². The Balaban J connectivity index is 2.26. The lowest BCUT2D eigenvalue weighted by Gasteiger charge is -2.21. The van der Waals surface area contributed by atoms with Gasteiger partial charge in [0.15, 0.2) is 0 Å². The molecular formula is C18H28N2O4S. The van der Waals surface area contributed by atoms with E-state index in [2.05, 4.69) is 5.32 Å². The first-order valence-electron chi connectivity index (χ1n) is 8.77. The van der Waals surface area contributed by atoms with Crippen molar-refractivity contribution in [1.82, 2.24) is 9.62 Å². The van der Waals surface area contributed by atoms with E-state index >= 15 is 0 Å². The highest BCUT2D eigenvalue weighted by molar-refractivity contribution is 7.89. The van der Waals surface area contributed by atoms with Crippen molar-refractivity contribution >= 4 is 15.9 Å². The van der Waals surface area contributed by atoms with Crippen LogP contribution in [0.5, 0.6) is 0 Å². The Labute approximate surface area is 150 Å². The van der Waals surface area contributed by atoms with E-state index in [4.69, 9.17) is 4.74 Å². The quantitative estimate of drug-likeness (QED) is 0.836. The summed E-state index contributed by atoms with van der Waals surface area (Å²) in [7, 11) is -2.00. The highest BCUT2D eigenvalue weighted by Gasteiger charge is 2.26. The van der Waals surface area contributed by atoms with Crippen molar-refractivity contribution in [2.45, 2.75) is 50.5 Å². The first kappa shape index (κ1) is 19.9. The maximum Gasteiger partial charge on any atom is 0.251 e. The molecule has 1 aromatic rings. The lowest BCUT2D eigenvalue weighted by Crippen LogP contribution is -2.36. The second-order valence-electron chi connectivity index (χ2n) is 6.62. The maximum absolute atomic E-state index is 12.9. The molecular weight excluding hydrogens is 340 g/mol. The summed E-state index contributed by atoms with van der Waals surface area (Å²) in [6, 6.07) is 4.62. The van der Waals surface area contributed by atoms with Gasteiger partial charge in [-0.1, -0.05) is 18.9 Å². The lowest BCUT2D eigenvalue weighted by molar-refractivity contribution is 0.0904. The van der Waals surface area contributed by atoms with Gasteiger partial charge in [-0.3, -0.25) is 4.79 Å². The first-order valence-corrected chi connectivity index (χ1v) is 10.2. The van der Waals surface area contributed by atoms with Crippen LogP contribution in [0.4, 0.5) is 0 Å². The van der Waals surface area contributed by atoms with E-state index in [1.54, 1.807) is 30.5 Å². The van der Waals surface area contributed by atoms with Crippen molar-refractivity contribution < 1.29 is 17.9 Å². The first-order chi connectivity index (χ1) is 11.9. The average Bonchev–Trinajstić information content (AvgIpc) is 2.85. The van der Waals surface area contributed by atoms with Gasteiger partial charge in [-0.2, -0.15) is 4.31 Å². The molecule has 1 aliphatic rings. The molecule has 0 saturated carbocycles. The molecule has 1 unspecified atom stereocenters. The number of methoxy groups -OCH3 is 1. The van der Waals surface area contributed by atoms with E-state index < -0.39 is 10.0 Å². The molecule has 1 atom stereocenters. The van der Waals surface area contributed by atoms with E-state index in [0.717, 1.165) is 31.2 Å². The van der Waals surface area contributed by atoms with Gasteiger partial charge in [0.1, 0.15) is 0 Å². The van der Waals surface area contributed by atoms with Gasteiger partial charge in [0.25, 0.3) is 5.91 Å². The Hall–Kier alpha value is -1.44. The largest absolute Gasteiger partial charge is 0.383 e. The monoisotopic (exact) mass is 368 g/mol. The summed E-state index contributed by atoms with van der Waals surface area (Å²) in [5.74, 6) is -0.282. The normalized spacial score (nSPS) is 17.7. The Kier molecular flexibility index (Phi) is 6.98. The molecule has 7 heteroatoms. The van der Waals surface area contributed by atoms with Crippen LogP contribution in [0.15, 0.2) is 23.1 Å². The summed E-state index contributed by atoms with van der Waals surface area (Å²) in [6.07, 6.45) is 3.88. The molecule has 140 valence electrons. The number of benzene rings is 1. The van der Waals surface area contributed by atoms with Crippen molar-refractivity contribution in [1.29, 1.82) is 0 Å². The summed E-state index contributed by atoms with van der Waals surface area (Å²) in [4.78, 5) is 12.7. The summed E-state index contributed by atoms with van der Waals surface area (Å²) >= 11 is 0. The number of nitrogens with zero attached hydrogens (tertiary/aromatic N) is 1. The fourth-order valence-electron chi connectivity index (χ4n) is 3.03. The molecule has 1 amide bonds. The number of carbonyl (C=O) groups is 1. The van der Waals surface area contributed by atoms with Crippen molar-refractivity contribution in [2.24, 2.45) is 0 Å². The minimum absolute atomic E-state index is 0.150. The zero-order valence-corrected chi connectivity index (χ0v) is 16.1. The second-order valence-corrected chi connectivity index (χ2v) is 8.56. The summed E-state index contributed by atoms with van der Waals surface area (Å²) < 4.78 is 32.4. The number of amides is 1. The highest BCUT2D eigenvalue weighted by atomic mass is 32.2. The molecule has 0 aliphatic carbocycles. The molecule has 0 aromatic heterocycles. The lowest BCUT2D eigenvalue weighted by atomic mass is 10.1. The number of ether oxygens (including phenoxy) is 1. The van der Waals surface area contributed by atoms with Gasteiger partial charge in [-0.05, 0) is 44.4 Å². The van der Waals surface area contributed by atoms with Crippen LogP contribution in [0.2, 0.25) is 0 Å². The van der Waals surface area contributed by atoms with Gasteiger partial charge >= 0.3 is 0 Å². The van der Waals surface area contributed by atoms with E-state index in [1.807, 2.05) is 6.92 Å². The van der Waals surface area contributed by atoms with Gasteiger partial charge in [-0.25, -0.2) is 8.42 Å². The summed E-state index contributed by atoms with van der Waals surface area (Å²) in [5.41, 5.74) is 1.13. The van der Waals surface area contributed by atoms with Crippen molar-refractivity contribution in [3.05, 3.63) is 29.3 Å². The van der Waals surface area contributed by atoms with Crippen molar-refractivity contribution in [2.75, 3.05) is 26.8 Å². The summed E-state index contributed by atoms with van der Waals surface area (Å²) in [6.45, 7) is 5.13. The van der Waals surface area contributed by atoms with Gasteiger partial charge in [-0.15, -0.1) is 0 Å². The van der Waals surface area contributed by atoms with E-state index in [0.29, 0.717) is 25.3 Å². The minimum atomic E-state index is -3.57. The predicted molar refractivity (Wildman–Crippen MR) is 97.2 cm³/mol. The van der Waals surface area contributed by atoms with E-state index in [9.17, 15) is 13.2 Å². The molecule has 1 saturated heterocycles. The van der Waals surface area contributed by atoms with Crippen LogP contribution < -0.4 is 5.32 Å². The highest BCUT2D eigenvalue weighted by Crippen LogP contribution is 2.22. The molecule has 1 N–H and O–H groups in total. The third-order valence-electron chi connectivity index (χ3n) is 4.45. The Morgan fingerprint density at radius 2 is 1.88 bits per heavy atom. The van der Waals surface area contributed by atoms with Gasteiger partial charge in [0, 0.05) is 31.8 Å². The molecule has 0 radical (unpaired) electrons. The second kappa shape index (κ2) is 8.78. The number of sulfonamides is 1. The zero-order chi connectivity index (χ0) is 18.4. The van der Waals surface area contributed by atoms with E-state index in [-0.39, 0.29) is 16.8 Å². The average molecular weight is 368 g/mol. The number of aryl methyl sites for hydroxylation is 1. The number of carbonyl (C=O) groups excluding carboxylic acids is 1. The van der Waals surface area contributed by atoms with Crippen LogP contribution in [0, 0.1) is 6.92 Å². The third kappa shape index (κ3) is 5.03. The van der Waals surface area contributed by atoms with Crippen molar-refractivity contribution in [3.63, 3.8) is 0 Å². The van der Waals surface area contributed by atoms with Crippen LogP contribution in [-0.4, -0.2) is 51.5 Å². The number of rotatable bonds is 6. The summed E-state index contributed by atoms with van der Waals surface area (Å²) in [5, 5.41) is 2.83. The molecule has 0 spiro atoms. The molecule has 1 aliphatic heterocycles. The Morgan fingerprint density at radius 3 is 2.48 bits per heavy atom. The minimum Gasteiger partial charge on any atom is -0.383 e. The third-order valence-corrected chi connectivity index (χ3v) is 6.35. The zero-order valence-electron chi connectivity index (χ0n) is 15.2. The Bertz CT molecular complexity index is 695. The van der Waals surface area contributed by atoms with E-state index in [1.165, 1.54) is 6.07 Å². The molecule has 1 aromatic carbocycles. The number of hydrogen-bond acceptors (Lipinski definition) is 4. The topological polar surface area (TPSA) is 75.7 Å². The van der Waals surface area contributed by atoms with Gasteiger partial charge in [0.2, 0.25) is 10.0 Å². The standard InChI is InChI=1S/C18H28N2O4S/c1-14-8-9-16(12-17(14)18(21)19-15(2)13-24-3)25(22,23)20-10-6-4-5-7-11-20/h8-9,12,15H,4-7,10-11,13H2,1-3H3,(H,19,21). The molecule has 1 heterocycles. The molecule has 2 rings (SSSR count). The maximum atomic E-state index is 12.9. The molecule has 0 bridgehead atoms. The fourth-order valence-corrected chi connectivity index (χ4v) is 4.57. The molecule has 6 nitrogen and oxygen atoms in total. The van der Waals surface area contributed by atoms with Crippen molar-refractivity contribution in [3.8, 4) is 0 Å². The Morgan fingerprint density at radius 1 is 1.24 bits per heavy atom. The molecule has 1 fully saturated rings. The van der Waals surface area contributed by atoms with Crippen LogP contribution in [0.3, 0.4) is 0 Å². The van der Waals surface area contributed by atoms with Gasteiger partial charge in [0.05, 0.1) is 11.5 Å². The van der Waals surface area contributed by atoms with Crippen LogP contribution >= 0.6 is 0 Å². The van der Waals surface area contributed by atoms with Crippen LogP contribution in [0.25, 0.3) is 0 Å². The SMILES string of the molecule is COCC(C)NC(=O)c1cc(S(=O)(=O)N2CCCCCC2)ccc1C. The van der Waals surface area contributed by atoms with Crippen LogP contribution in [-0.2, 0) is 14.8 Å².